The topological polar surface area (TPSA) is 41.1 Å². The van der Waals surface area contributed by atoms with Crippen molar-refractivity contribution >= 4 is 17.2 Å². The van der Waals surface area contributed by atoms with Crippen molar-refractivity contribution in [1.29, 1.82) is 5.26 Å². The maximum Gasteiger partial charge on any atom is 0.139 e. The molecule has 3 nitrogen and oxygen atoms in total. The van der Waals surface area contributed by atoms with Crippen LogP contribution in [0.3, 0.4) is 0 Å². The molecule has 0 saturated carbocycles. The standard InChI is InChI=1S/C8H4ClN3/c9-7-5-11-8-3-6(4-10)1-2-12(7)8/h1-3,5H. The molecule has 0 amide bonds. The fraction of sp³-hybridized carbons (Fsp3) is 0. The van der Waals surface area contributed by atoms with Crippen molar-refractivity contribution in [3.05, 3.63) is 35.2 Å². The zero-order valence-electron chi connectivity index (χ0n) is 6.03. The average molecular weight is 178 g/mol. The molecule has 58 valence electrons. The lowest BCUT2D eigenvalue weighted by Crippen LogP contribution is -1.84. The minimum Gasteiger partial charge on any atom is -0.290 e. The van der Waals surface area contributed by atoms with Gasteiger partial charge >= 0.3 is 0 Å². The number of hydrogen-bond acceptors (Lipinski definition) is 2. The van der Waals surface area contributed by atoms with Crippen LogP contribution in [0.15, 0.2) is 24.5 Å². The monoisotopic (exact) mass is 177 g/mol. The van der Waals surface area contributed by atoms with E-state index < -0.39 is 0 Å². The highest BCUT2D eigenvalue weighted by Crippen LogP contribution is 2.12. The van der Waals surface area contributed by atoms with Crippen molar-refractivity contribution in [3.63, 3.8) is 0 Å². The van der Waals surface area contributed by atoms with Crippen LogP contribution in [-0.2, 0) is 0 Å². The number of halogens is 1. The molecule has 2 aromatic rings. The first-order valence-corrected chi connectivity index (χ1v) is 3.72. The first-order chi connectivity index (χ1) is 5.81. The van der Waals surface area contributed by atoms with Crippen LogP contribution in [0.4, 0.5) is 0 Å². The molecule has 0 saturated heterocycles. The molecule has 2 heterocycles. The number of aromatic nitrogens is 2. The Balaban J connectivity index is 2.80. The zero-order valence-corrected chi connectivity index (χ0v) is 6.78. The Morgan fingerprint density at radius 2 is 2.42 bits per heavy atom. The lowest BCUT2D eigenvalue weighted by Gasteiger charge is -1.93. The summed E-state index contributed by atoms with van der Waals surface area (Å²) >= 11 is 5.79. The number of nitrogens with zero attached hydrogens (tertiary/aromatic N) is 3. The van der Waals surface area contributed by atoms with E-state index in [0.29, 0.717) is 16.4 Å². The summed E-state index contributed by atoms with van der Waals surface area (Å²) < 4.78 is 1.71. The van der Waals surface area contributed by atoms with Crippen LogP contribution >= 0.6 is 11.6 Å². The Kier molecular flexibility index (Phi) is 1.49. The molecule has 0 N–H and O–H groups in total. The summed E-state index contributed by atoms with van der Waals surface area (Å²) in [5, 5.41) is 9.13. The second kappa shape index (κ2) is 2.50. The van der Waals surface area contributed by atoms with Crippen molar-refractivity contribution in [2.24, 2.45) is 0 Å². The Morgan fingerprint density at radius 1 is 1.58 bits per heavy atom. The van der Waals surface area contributed by atoms with Crippen LogP contribution in [-0.4, -0.2) is 9.38 Å². The Hall–Kier alpha value is -1.53. The highest BCUT2D eigenvalue weighted by molar-refractivity contribution is 6.29. The largest absolute Gasteiger partial charge is 0.290 e. The summed E-state index contributed by atoms with van der Waals surface area (Å²) in [4.78, 5) is 4.01. The smallest absolute Gasteiger partial charge is 0.139 e. The third-order valence-corrected chi connectivity index (χ3v) is 1.88. The van der Waals surface area contributed by atoms with Crippen LogP contribution in [0.1, 0.15) is 5.56 Å². The van der Waals surface area contributed by atoms with Gasteiger partial charge in [0, 0.05) is 6.20 Å². The average Bonchev–Trinajstić information content (AvgIpc) is 2.47. The van der Waals surface area contributed by atoms with E-state index in [-0.39, 0.29) is 0 Å². The molecule has 0 bridgehead atoms. The molecule has 0 radical (unpaired) electrons. The zero-order chi connectivity index (χ0) is 8.55. The summed E-state index contributed by atoms with van der Waals surface area (Å²) in [6, 6.07) is 5.41. The van der Waals surface area contributed by atoms with Gasteiger partial charge in [-0.05, 0) is 12.1 Å². The van der Waals surface area contributed by atoms with Gasteiger partial charge in [0.15, 0.2) is 0 Å². The lowest BCUT2D eigenvalue weighted by atomic mass is 10.3. The van der Waals surface area contributed by atoms with Gasteiger partial charge in [-0.25, -0.2) is 4.98 Å². The van der Waals surface area contributed by atoms with E-state index in [9.17, 15) is 0 Å². The minimum atomic E-state index is 0.550. The van der Waals surface area contributed by atoms with Gasteiger partial charge in [0.1, 0.15) is 10.8 Å². The number of hydrogen-bond donors (Lipinski definition) is 0. The summed E-state index contributed by atoms with van der Waals surface area (Å²) in [5.74, 6) is 0. The number of nitriles is 1. The van der Waals surface area contributed by atoms with E-state index in [0.717, 1.165) is 0 Å². The second-order valence-electron chi connectivity index (χ2n) is 2.34. The van der Waals surface area contributed by atoms with E-state index in [1.54, 1.807) is 28.9 Å². The molecule has 0 atom stereocenters. The van der Waals surface area contributed by atoms with Crippen LogP contribution in [0, 0.1) is 11.3 Å². The molecule has 0 aliphatic heterocycles. The molecule has 2 aromatic heterocycles. The van der Waals surface area contributed by atoms with E-state index in [2.05, 4.69) is 4.98 Å². The number of pyridine rings is 1. The van der Waals surface area contributed by atoms with Gasteiger partial charge in [0.25, 0.3) is 0 Å². The Labute approximate surface area is 73.8 Å². The highest BCUT2D eigenvalue weighted by Gasteiger charge is 1.99. The quantitative estimate of drug-likeness (QED) is 0.616. The van der Waals surface area contributed by atoms with Crippen molar-refractivity contribution < 1.29 is 0 Å². The van der Waals surface area contributed by atoms with Gasteiger partial charge in [-0.3, -0.25) is 4.40 Å². The maximum atomic E-state index is 8.58. The van der Waals surface area contributed by atoms with Crippen molar-refractivity contribution in [1.82, 2.24) is 9.38 Å². The molecule has 4 heteroatoms. The highest BCUT2D eigenvalue weighted by atomic mass is 35.5. The summed E-state index contributed by atoms with van der Waals surface area (Å²) in [5.41, 5.74) is 1.28. The molecule has 0 spiro atoms. The fourth-order valence-electron chi connectivity index (χ4n) is 1.02. The van der Waals surface area contributed by atoms with Crippen LogP contribution in [0.5, 0.6) is 0 Å². The SMILES string of the molecule is N#Cc1ccn2c(Cl)cnc2c1. The summed E-state index contributed by atoms with van der Waals surface area (Å²) in [6.45, 7) is 0. The minimum absolute atomic E-state index is 0.550. The van der Waals surface area contributed by atoms with Crippen LogP contribution in [0.2, 0.25) is 5.15 Å². The molecule has 0 unspecified atom stereocenters. The van der Waals surface area contributed by atoms with E-state index >= 15 is 0 Å². The Morgan fingerprint density at radius 3 is 3.17 bits per heavy atom. The Bertz CT molecular complexity index is 467. The van der Waals surface area contributed by atoms with Gasteiger partial charge in [-0.1, -0.05) is 11.6 Å². The van der Waals surface area contributed by atoms with Gasteiger partial charge in [-0.2, -0.15) is 5.26 Å². The van der Waals surface area contributed by atoms with Crippen LogP contribution in [0.25, 0.3) is 5.65 Å². The molecule has 0 fully saturated rings. The van der Waals surface area contributed by atoms with E-state index in [1.807, 2.05) is 6.07 Å². The van der Waals surface area contributed by atoms with Gasteiger partial charge in [0.2, 0.25) is 0 Å². The first-order valence-electron chi connectivity index (χ1n) is 3.34. The number of imidazole rings is 1. The number of rotatable bonds is 0. The maximum absolute atomic E-state index is 8.58. The van der Waals surface area contributed by atoms with E-state index in [4.69, 9.17) is 16.9 Å². The molecule has 0 aliphatic rings. The van der Waals surface area contributed by atoms with Crippen molar-refractivity contribution in [3.8, 4) is 6.07 Å². The van der Waals surface area contributed by atoms with Gasteiger partial charge < -0.3 is 0 Å². The van der Waals surface area contributed by atoms with Crippen molar-refractivity contribution in [2.45, 2.75) is 0 Å². The molecule has 0 aliphatic carbocycles. The summed E-state index contributed by atoms with van der Waals surface area (Å²) in [7, 11) is 0. The van der Waals surface area contributed by atoms with Gasteiger partial charge in [0.05, 0.1) is 17.8 Å². The molecule has 12 heavy (non-hydrogen) atoms. The van der Waals surface area contributed by atoms with Crippen molar-refractivity contribution in [2.75, 3.05) is 0 Å². The number of fused-ring (bicyclic) bond motifs is 1. The van der Waals surface area contributed by atoms with Gasteiger partial charge in [-0.15, -0.1) is 0 Å². The normalized spacial score (nSPS) is 10.0. The molecular weight excluding hydrogens is 174 g/mol. The third-order valence-electron chi connectivity index (χ3n) is 1.60. The fourth-order valence-corrected chi connectivity index (χ4v) is 1.21. The second-order valence-corrected chi connectivity index (χ2v) is 2.72. The molecule has 2 rings (SSSR count). The van der Waals surface area contributed by atoms with Crippen LogP contribution < -0.4 is 0 Å². The summed E-state index contributed by atoms with van der Waals surface area (Å²) in [6.07, 6.45) is 3.28. The third kappa shape index (κ3) is 0.936. The predicted octanol–water partition coefficient (Wildman–Crippen LogP) is 1.86. The molecule has 0 aromatic carbocycles. The lowest BCUT2D eigenvalue weighted by molar-refractivity contribution is 1.18. The first kappa shape index (κ1) is 7.14. The van der Waals surface area contributed by atoms with E-state index in [1.165, 1.54) is 0 Å². The predicted molar refractivity (Wildman–Crippen MR) is 44.9 cm³/mol. The molecular formula is C8H4ClN3.